The fraction of sp³-hybridized carbons (Fsp3) is 0.375. The van der Waals surface area contributed by atoms with Crippen molar-refractivity contribution in [2.24, 2.45) is 0 Å². The van der Waals surface area contributed by atoms with Crippen LogP contribution in [0, 0.1) is 0 Å². The van der Waals surface area contributed by atoms with Crippen LogP contribution in [-0.4, -0.2) is 22.6 Å². The van der Waals surface area contributed by atoms with E-state index in [2.05, 4.69) is 36.2 Å². The van der Waals surface area contributed by atoms with Crippen molar-refractivity contribution >= 4 is 5.97 Å². The van der Waals surface area contributed by atoms with E-state index >= 15 is 0 Å². The van der Waals surface area contributed by atoms with Crippen molar-refractivity contribution in [2.45, 2.75) is 31.7 Å². The normalized spacial score (nSPS) is 21.3. The van der Waals surface area contributed by atoms with Crippen LogP contribution in [0.15, 0.2) is 36.8 Å². The third-order valence-electron chi connectivity index (χ3n) is 4.16. The second-order valence-corrected chi connectivity index (χ2v) is 5.30. The average Bonchev–Trinajstić information content (AvgIpc) is 2.96. The standard InChI is InChI=1S/C16H18N2O2/c1-11-7-8-14(13-6-4-3-5-12(11)13)18-10-17-9-15(18)16(19)20-2/h3-6,9-11,14H,7-8H2,1-2H3. The van der Waals surface area contributed by atoms with Gasteiger partial charge in [0.1, 0.15) is 5.69 Å². The summed E-state index contributed by atoms with van der Waals surface area (Å²) >= 11 is 0. The van der Waals surface area contributed by atoms with Crippen LogP contribution in [-0.2, 0) is 4.74 Å². The molecule has 1 heterocycles. The molecule has 20 heavy (non-hydrogen) atoms. The monoisotopic (exact) mass is 270 g/mol. The molecule has 0 amide bonds. The van der Waals surface area contributed by atoms with E-state index in [4.69, 9.17) is 4.74 Å². The van der Waals surface area contributed by atoms with Gasteiger partial charge in [-0.15, -0.1) is 0 Å². The molecule has 0 bridgehead atoms. The zero-order valence-electron chi connectivity index (χ0n) is 11.7. The zero-order chi connectivity index (χ0) is 14.1. The number of ether oxygens (including phenoxy) is 1. The van der Waals surface area contributed by atoms with Gasteiger partial charge in [-0.2, -0.15) is 0 Å². The number of aromatic nitrogens is 2. The molecule has 1 aliphatic carbocycles. The largest absolute Gasteiger partial charge is 0.464 e. The quantitative estimate of drug-likeness (QED) is 0.787. The van der Waals surface area contributed by atoms with Gasteiger partial charge in [-0.3, -0.25) is 0 Å². The van der Waals surface area contributed by atoms with E-state index in [0.29, 0.717) is 11.6 Å². The molecule has 2 atom stereocenters. The molecule has 0 N–H and O–H groups in total. The molecule has 0 saturated heterocycles. The van der Waals surface area contributed by atoms with Crippen LogP contribution < -0.4 is 0 Å². The van der Waals surface area contributed by atoms with Gasteiger partial charge >= 0.3 is 5.97 Å². The van der Waals surface area contributed by atoms with Gasteiger partial charge in [-0.1, -0.05) is 31.2 Å². The fourth-order valence-electron chi connectivity index (χ4n) is 3.09. The van der Waals surface area contributed by atoms with Gasteiger partial charge in [0.25, 0.3) is 0 Å². The third-order valence-corrected chi connectivity index (χ3v) is 4.16. The van der Waals surface area contributed by atoms with E-state index in [1.807, 2.05) is 4.57 Å². The molecular formula is C16H18N2O2. The molecular weight excluding hydrogens is 252 g/mol. The van der Waals surface area contributed by atoms with Crippen LogP contribution in [0.25, 0.3) is 0 Å². The second-order valence-electron chi connectivity index (χ2n) is 5.30. The molecule has 0 aliphatic heterocycles. The van der Waals surface area contributed by atoms with Crippen LogP contribution in [0.2, 0.25) is 0 Å². The van der Waals surface area contributed by atoms with E-state index < -0.39 is 0 Å². The Hall–Kier alpha value is -2.10. The smallest absolute Gasteiger partial charge is 0.356 e. The van der Waals surface area contributed by atoms with Gasteiger partial charge in [0.15, 0.2) is 0 Å². The van der Waals surface area contributed by atoms with Gasteiger partial charge in [0.2, 0.25) is 0 Å². The molecule has 3 rings (SSSR count). The van der Waals surface area contributed by atoms with E-state index in [9.17, 15) is 4.79 Å². The number of hydrogen-bond acceptors (Lipinski definition) is 3. The van der Waals surface area contributed by atoms with Crippen molar-refractivity contribution < 1.29 is 9.53 Å². The first-order valence-electron chi connectivity index (χ1n) is 6.91. The van der Waals surface area contributed by atoms with Crippen molar-refractivity contribution in [1.82, 2.24) is 9.55 Å². The number of rotatable bonds is 2. The maximum absolute atomic E-state index is 11.8. The highest BCUT2D eigenvalue weighted by Crippen LogP contribution is 2.39. The van der Waals surface area contributed by atoms with E-state index in [0.717, 1.165) is 12.8 Å². The van der Waals surface area contributed by atoms with Gasteiger partial charge in [0.05, 0.1) is 25.7 Å². The average molecular weight is 270 g/mol. The lowest BCUT2D eigenvalue weighted by atomic mass is 9.81. The molecule has 0 radical (unpaired) electrons. The Labute approximate surface area is 118 Å². The molecule has 2 unspecified atom stereocenters. The Kier molecular flexibility index (Phi) is 3.30. The molecule has 1 aromatic heterocycles. The number of fused-ring (bicyclic) bond motifs is 1. The van der Waals surface area contributed by atoms with E-state index in [1.54, 1.807) is 12.5 Å². The minimum Gasteiger partial charge on any atom is -0.464 e. The summed E-state index contributed by atoms with van der Waals surface area (Å²) in [6, 6.07) is 8.63. The lowest BCUT2D eigenvalue weighted by molar-refractivity contribution is 0.0586. The van der Waals surface area contributed by atoms with Crippen molar-refractivity contribution in [1.29, 1.82) is 0 Å². The van der Waals surface area contributed by atoms with Gasteiger partial charge in [-0.05, 0) is 29.9 Å². The highest BCUT2D eigenvalue weighted by Gasteiger charge is 2.28. The van der Waals surface area contributed by atoms with Crippen LogP contribution in [0.4, 0.5) is 0 Å². The van der Waals surface area contributed by atoms with Crippen molar-refractivity contribution in [3.05, 3.63) is 53.6 Å². The number of benzene rings is 1. The van der Waals surface area contributed by atoms with Crippen LogP contribution >= 0.6 is 0 Å². The first-order chi connectivity index (χ1) is 9.72. The van der Waals surface area contributed by atoms with Gasteiger partial charge in [-0.25, -0.2) is 9.78 Å². The van der Waals surface area contributed by atoms with Gasteiger partial charge < -0.3 is 9.30 Å². The number of esters is 1. The molecule has 4 nitrogen and oxygen atoms in total. The Morgan fingerprint density at radius 2 is 2.05 bits per heavy atom. The number of carbonyl (C=O) groups excluding carboxylic acids is 1. The summed E-state index contributed by atoms with van der Waals surface area (Å²) < 4.78 is 6.78. The topological polar surface area (TPSA) is 44.1 Å². The summed E-state index contributed by atoms with van der Waals surface area (Å²) in [5, 5.41) is 0. The Morgan fingerprint density at radius 1 is 1.30 bits per heavy atom. The number of nitrogens with zero attached hydrogens (tertiary/aromatic N) is 2. The SMILES string of the molecule is COC(=O)c1cncn1C1CCC(C)c2ccccc21. The minimum atomic E-state index is -0.335. The number of imidazole rings is 1. The van der Waals surface area contributed by atoms with Crippen LogP contribution in [0.3, 0.4) is 0 Å². The molecule has 0 spiro atoms. The Morgan fingerprint density at radius 3 is 2.80 bits per heavy atom. The molecule has 4 heteroatoms. The first kappa shape index (κ1) is 12.9. The Bertz CT molecular complexity index is 633. The van der Waals surface area contributed by atoms with Crippen molar-refractivity contribution in [2.75, 3.05) is 7.11 Å². The summed E-state index contributed by atoms with van der Waals surface area (Å²) in [7, 11) is 1.40. The summed E-state index contributed by atoms with van der Waals surface area (Å²) in [5.41, 5.74) is 3.17. The minimum absolute atomic E-state index is 0.166. The molecule has 2 aromatic rings. The molecule has 0 fully saturated rings. The lowest BCUT2D eigenvalue weighted by Gasteiger charge is -2.31. The first-order valence-corrected chi connectivity index (χ1v) is 6.91. The fourth-order valence-corrected chi connectivity index (χ4v) is 3.09. The maximum Gasteiger partial charge on any atom is 0.356 e. The molecule has 104 valence electrons. The Balaban J connectivity index is 2.06. The molecule has 1 aromatic carbocycles. The number of hydrogen-bond donors (Lipinski definition) is 0. The lowest BCUT2D eigenvalue weighted by Crippen LogP contribution is -2.22. The highest BCUT2D eigenvalue weighted by atomic mass is 16.5. The van der Waals surface area contributed by atoms with Crippen molar-refractivity contribution in [3.63, 3.8) is 0 Å². The van der Waals surface area contributed by atoms with Gasteiger partial charge in [0, 0.05) is 0 Å². The predicted molar refractivity (Wildman–Crippen MR) is 75.8 cm³/mol. The van der Waals surface area contributed by atoms with E-state index in [1.165, 1.54) is 18.2 Å². The van der Waals surface area contributed by atoms with Crippen molar-refractivity contribution in [3.8, 4) is 0 Å². The number of carbonyl (C=O) groups is 1. The maximum atomic E-state index is 11.8. The summed E-state index contributed by atoms with van der Waals surface area (Å²) in [6.45, 7) is 2.25. The van der Waals surface area contributed by atoms with Crippen LogP contribution in [0.5, 0.6) is 0 Å². The summed E-state index contributed by atoms with van der Waals surface area (Å²) in [6.07, 6.45) is 5.43. The van der Waals surface area contributed by atoms with Crippen LogP contribution in [0.1, 0.15) is 53.3 Å². The zero-order valence-corrected chi connectivity index (χ0v) is 11.7. The predicted octanol–water partition coefficient (Wildman–Crippen LogP) is 3.16. The summed E-state index contributed by atoms with van der Waals surface area (Å²) in [5.74, 6) is 0.228. The molecule has 1 aliphatic rings. The number of methoxy groups -OCH3 is 1. The highest BCUT2D eigenvalue weighted by molar-refractivity contribution is 5.87. The second kappa shape index (κ2) is 5.12. The summed E-state index contributed by atoms with van der Waals surface area (Å²) in [4.78, 5) is 16.0. The molecule has 0 saturated carbocycles. The van der Waals surface area contributed by atoms with E-state index in [-0.39, 0.29) is 12.0 Å². The third kappa shape index (κ3) is 2.01.